The smallest absolute Gasteiger partial charge is 0.338 e. The van der Waals surface area contributed by atoms with E-state index in [4.69, 9.17) is 33.2 Å². The van der Waals surface area contributed by atoms with E-state index in [2.05, 4.69) is 11.8 Å². The van der Waals surface area contributed by atoms with Gasteiger partial charge in [-0.25, -0.2) is 4.79 Å². The summed E-state index contributed by atoms with van der Waals surface area (Å²) in [5.74, 6) is -2.72. The van der Waals surface area contributed by atoms with Crippen LogP contribution in [0, 0.1) is 34.5 Å². The maximum absolute atomic E-state index is 13.8. The second kappa shape index (κ2) is 12.0. The number of benzene rings is 1. The molecule has 5 saturated carbocycles. The van der Waals surface area contributed by atoms with Crippen LogP contribution in [0.15, 0.2) is 30.3 Å². The molecule has 0 amide bonds. The molecule has 1 aliphatic heterocycles. The van der Waals surface area contributed by atoms with Gasteiger partial charge in [-0.15, -0.1) is 0 Å². The van der Waals surface area contributed by atoms with Crippen molar-refractivity contribution in [3.05, 3.63) is 35.9 Å². The Morgan fingerprint density at radius 2 is 1.69 bits per heavy atom. The standard InChI is InChI=1S/C36H51NO11/c1-8-37-17-33(18-42-4)22(47-19(3)38)15-23(43-5)35-21-16-34(41)30(48-32(40)20-13-11-10-12-14-20)24(21)36(46-9-2,29(39)31(34)45-7)25(28(35)37)26(44-6)27(33)35/h10-14,21-31,39,41H,8-9,15-18H2,1-7H3. The van der Waals surface area contributed by atoms with Gasteiger partial charge in [-0.2, -0.15) is 0 Å². The predicted molar refractivity (Wildman–Crippen MR) is 170 cm³/mol. The number of carbonyl (C=O) groups is 2. The maximum Gasteiger partial charge on any atom is 0.338 e. The normalized spacial score (nSPS) is 48.3. The Bertz CT molecular complexity index is 1400. The summed E-state index contributed by atoms with van der Waals surface area (Å²) in [6.07, 6.45) is -4.37. The number of esters is 2. The van der Waals surface area contributed by atoms with E-state index in [9.17, 15) is 19.8 Å². The van der Waals surface area contributed by atoms with Gasteiger partial charge in [0.05, 0.1) is 24.4 Å². The van der Waals surface area contributed by atoms with Crippen molar-refractivity contribution in [3.63, 3.8) is 0 Å². The molecule has 5 aliphatic carbocycles. The van der Waals surface area contributed by atoms with Crippen LogP contribution in [0.2, 0.25) is 0 Å². The molecule has 15 atom stereocenters. The van der Waals surface area contributed by atoms with Gasteiger partial charge in [0.25, 0.3) is 0 Å². The fraction of sp³-hybridized carbons (Fsp3) is 0.778. The molecule has 1 saturated heterocycles. The van der Waals surface area contributed by atoms with E-state index < -0.39 is 76.5 Å². The van der Waals surface area contributed by atoms with Crippen molar-refractivity contribution in [2.45, 2.75) is 87.5 Å². The Hall–Kier alpha value is -2.16. The third-order valence-corrected chi connectivity index (χ3v) is 13.5. The number of carbonyl (C=O) groups excluding carboxylic acids is 2. The third kappa shape index (κ3) is 4.00. The second-order valence-corrected chi connectivity index (χ2v) is 14.8. The molecule has 2 N–H and O–H groups in total. The molecule has 1 aromatic carbocycles. The van der Waals surface area contributed by atoms with Crippen LogP contribution in [0.25, 0.3) is 0 Å². The average Bonchev–Trinajstić information content (AvgIpc) is 3.44. The predicted octanol–water partition coefficient (Wildman–Crippen LogP) is 1.69. The van der Waals surface area contributed by atoms with Crippen molar-refractivity contribution < 1.29 is 53.0 Å². The van der Waals surface area contributed by atoms with Gasteiger partial charge in [-0.1, -0.05) is 25.1 Å². The first-order valence-electron chi connectivity index (χ1n) is 17.3. The van der Waals surface area contributed by atoms with Gasteiger partial charge in [-0.3, -0.25) is 9.69 Å². The largest absolute Gasteiger partial charge is 0.462 e. The van der Waals surface area contributed by atoms with Crippen LogP contribution in [-0.2, 0) is 38.0 Å². The van der Waals surface area contributed by atoms with E-state index in [0.717, 1.165) is 0 Å². The Balaban J connectivity index is 1.51. The minimum absolute atomic E-state index is 0.170. The summed E-state index contributed by atoms with van der Waals surface area (Å²) >= 11 is 0. The SMILES string of the molecule is CCOC12C(O)C(OC)C3(O)CC(C1C3OC(=O)c1ccccc1)C13C(OC)CC(OC(C)=O)C4(COC)CN(CC)C1C2C(OC)C43. The summed E-state index contributed by atoms with van der Waals surface area (Å²) in [6, 6.07) is 8.51. The molecule has 1 heterocycles. The number of ether oxygens (including phenoxy) is 7. The molecule has 0 radical (unpaired) electrons. The summed E-state index contributed by atoms with van der Waals surface area (Å²) < 4.78 is 44.7. The Labute approximate surface area is 282 Å². The van der Waals surface area contributed by atoms with Crippen LogP contribution >= 0.6 is 0 Å². The van der Waals surface area contributed by atoms with Crippen LogP contribution in [-0.4, -0.2) is 136 Å². The summed E-state index contributed by atoms with van der Waals surface area (Å²) in [5, 5.41) is 25.5. The molecule has 1 aromatic rings. The molecule has 48 heavy (non-hydrogen) atoms. The minimum Gasteiger partial charge on any atom is -0.462 e. The quantitative estimate of drug-likeness (QED) is 0.330. The molecule has 1 spiro atoms. The molecule has 0 aromatic heterocycles. The number of likely N-dealkylation sites (tertiary alicyclic amines) is 1. The molecule has 15 unspecified atom stereocenters. The highest BCUT2D eigenvalue weighted by atomic mass is 16.6. The molecule has 12 heteroatoms. The highest BCUT2D eigenvalue weighted by Crippen LogP contribution is 2.80. The fourth-order valence-electron chi connectivity index (χ4n) is 12.7. The third-order valence-electron chi connectivity index (χ3n) is 13.5. The van der Waals surface area contributed by atoms with Crippen LogP contribution in [0.4, 0.5) is 0 Å². The zero-order chi connectivity index (χ0) is 34.4. The molecule has 7 bridgehead atoms. The van der Waals surface area contributed by atoms with E-state index in [1.54, 1.807) is 45.6 Å². The summed E-state index contributed by atoms with van der Waals surface area (Å²) in [4.78, 5) is 28.9. The summed E-state index contributed by atoms with van der Waals surface area (Å²) in [5.41, 5.74) is -4.14. The van der Waals surface area contributed by atoms with Gasteiger partial charge in [0, 0.05) is 89.6 Å². The number of nitrogens with zero attached hydrogens (tertiary/aromatic N) is 1. The zero-order valence-corrected chi connectivity index (χ0v) is 29.0. The highest BCUT2D eigenvalue weighted by Gasteiger charge is 2.91. The number of piperidine rings is 1. The zero-order valence-electron chi connectivity index (χ0n) is 29.0. The van der Waals surface area contributed by atoms with E-state index in [-0.39, 0.29) is 36.9 Å². The van der Waals surface area contributed by atoms with Crippen LogP contribution in [0.5, 0.6) is 0 Å². The van der Waals surface area contributed by atoms with Gasteiger partial charge in [0.15, 0.2) is 0 Å². The van der Waals surface area contributed by atoms with E-state index >= 15 is 0 Å². The number of aliphatic hydroxyl groups excluding tert-OH is 1. The second-order valence-electron chi connectivity index (χ2n) is 14.8. The van der Waals surface area contributed by atoms with Crippen molar-refractivity contribution in [1.82, 2.24) is 4.90 Å². The molecular weight excluding hydrogens is 622 g/mol. The lowest BCUT2D eigenvalue weighted by molar-refractivity contribution is -0.330. The Morgan fingerprint density at radius 1 is 0.958 bits per heavy atom. The van der Waals surface area contributed by atoms with E-state index in [1.807, 2.05) is 13.0 Å². The van der Waals surface area contributed by atoms with Gasteiger partial charge >= 0.3 is 11.9 Å². The first-order chi connectivity index (χ1) is 23.0. The van der Waals surface area contributed by atoms with E-state index in [1.165, 1.54) is 14.0 Å². The summed E-state index contributed by atoms with van der Waals surface area (Å²) in [7, 11) is 6.51. The Kier molecular flexibility index (Phi) is 8.55. The van der Waals surface area contributed by atoms with Crippen LogP contribution < -0.4 is 0 Å². The topological polar surface area (TPSA) is 142 Å². The molecule has 6 fully saturated rings. The lowest BCUT2D eigenvalue weighted by atomic mass is 9.42. The monoisotopic (exact) mass is 673 g/mol. The van der Waals surface area contributed by atoms with Crippen molar-refractivity contribution in [3.8, 4) is 0 Å². The van der Waals surface area contributed by atoms with Gasteiger partial charge in [-0.05, 0) is 37.9 Å². The van der Waals surface area contributed by atoms with Gasteiger partial charge < -0.3 is 43.4 Å². The average molecular weight is 674 g/mol. The number of fused-ring (bicyclic) bond motifs is 2. The number of aliphatic hydroxyl groups is 2. The number of methoxy groups -OCH3 is 4. The first kappa shape index (κ1) is 34.3. The van der Waals surface area contributed by atoms with E-state index in [0.29, 0.717) is 31.7 Å². The van der Waals surface area contributed by atoms with Gasteiger partial charge in [0.1, 0.15) is 35.6 Å². The van der Waals surface area contributed by atoms with Crippen LogP contribution in [0.3, 0.4) is 0 Å². The maximum atomic E-state index is 13.8. The number of hydrogen-bond donors (Lipinski definition) is 2. The van der Waals surface area contributed by atoms with Crippen molar-refractivity contribution in [1.29, 1.82) is 0 Å². The van der Waals surface area contributed by atoms with Crippen molar-refractivity contribution >= 4 is 11.9 Å². The Morgan fingerprint density at radius 3 is 2.27 bits per heavy atom. The van der Waals surface area contributed by atoms with Crippen molar-refractivity contribution in [2.24, 2.45) is 34.5 Å². The first-order valence-corrected chi connectivity index (χ1v) is 17.3. The lowest BCUT2D eigenvalue weighted by Gasteiger charge is -2.70. The van der Waals surface area contributed by atoms with Crippen LogP contribution in [0.1, 0.15) is 44.0 Å². The number of rotatable bonds is 11. The van der Waals surface area contributed by atoms with Gasteiger partial charge in [0.2, 0.25) is 0 Å². The number of hydrogen-bond acceptors (Lipinski definition) is 12. The molecule has 266 valence electrons. The molecular formula is C36H51NO11. The van der Waals surface area contributed by atoms with Crippen molar-refractivity contribution in [2.75, 3.05) is 54.7 Å². The molecule has 6 aliphatic rings. The molecule has 12 nitrogen and oxygen atoms in total. The minimum atomic E-state index is -1.74. The lowest BCUT2D eigenvalue weighted by Crippen LogP contribution is -2.81. The summed E-state index contributed by atoms with van der Waals surface area (Å²) in [6.45, 7) is 7.20. The highest BCUT2D eigenvalue weighted by molar-refractivity contribution is 5.89. The molecule has 7 rings (SSSR count). The fourth-order valence-corrected chi connectivity index (χ4v) is 12.7.